The summed E-state index contributed by atoms with van der Waals surface area (Å²) in [5, 5.41) is 2.93. The Bertz CT molecular complexity index is 795. The van der Waals surface area contributed by atoms with Gasteiger partial charge in [0.25, 0.3) is 5.79 Å². The molecule has 29 heavy (non-hydrogen) atoms. The number of carbonyl (C=O) groups is 2. The van der Waals surface area contributed by atoms with E-state index >= 15 is 0 Å². The first-order valence-electron chi connectivity index (χ1n) is 10.6. The van der Waals surface area contributed by atoms with Crippen molar-refractivity contribution in [1.29, 1.82) is 0 Å². The highest BCUT2D eigenvalue weighted by atomic mass is 16.7. The molecule has 1 unspecified atom stereocenters. The summed E-state index contributed by atoms with van der Waals surface area (Å²) in [5.74, 6) is 0.642. The van der Waals surface area contributed by atoms with Crippen LogP contribution in [0.4, 0.5) is 10.5 Å². The fraction of sp³-hybridized carbons (Fsp3) is 0.636. The molecule has 1 saturated carbocycles. The van der Waals surface area contributed by atoms with Crippen molar-refractivity contribution in [1.82, 2.24) is 4.90 Å². The van der Waals surface area contributed by atoms with Crippen LogP contribution in [0.25, 0.3) is 0 Å². The van der Waals surface area contributed by atoms with E-state index in [-0.39, 0.29) is 5.91 Å². The Morgan fingerprint density at radius 3 is 2.55 bits per heavy atom. The minimum absolute atomic E-state index is 0.209. The van der Waals surface area contributed by atoms with Gasteiger partial charge >= 0.3 is 6.09 Å². The molecule has 2 fully saturated rings. The second-order valence-electron chi connectivity index (χ2n) is 9.16. The van der Waals surface area contributed by atoms with Gasteiger partial charge in [0.1, 0.15) is 11.6 Å². The molecule has 158 valence electrons. The molecule has 7 nitrogen and oxygen atoms in total. The third-order valence-electron chi connectivity index (χ3n) is 5.60. The Morgan fingerprint density at radius 2 is 1.83 bits per heavy atom. The molecule has 1 aromatic rings. The van der Waals surface area contributed by atoms with Gasteiger partial charge in [-0.2, -0.15) is 0 Å². The van der Waals surface area contributed by atoms with Crippen LogP contribution >= 0.6 is 0 Å². The van der Waals surface area contributed by atoms with Crippen LogP contribution in [-0.2, 0) is 9.53 Å². The SMILES string of the molecule is CC(C)(C)OC(=O)N1CCCC1C(=O)Nc1ccc2c(c1)OC1(CCCCC1)O2. The molecule has 2 aliphatic heterocycles. The second-order valence-corrected chi connectivity index (χ2v) is 9.16. The molecule has 0 bridgehead atoms. The highest BCUT2D eigenvalue weighted by Crippen LogP contribution is 2.46. The lowest BCUT2D eigenvalue weighted by Gasteiger charge is -2.31. The summed E-state index contributed by atoms with van der Waals surface area (Å²) < 4.78 is 17.7. The Hall–Kier alpha value is -2.44. The Balaban J connectivity index is 1.42. The average Bonchev–Trinajstić information content (AvgIpc) is 3.25. The van der Waals surface area contributed by atoms with Crippen molar-refractivity contribution in [3.05, 3.63) is 18.2 Å². The summed E-state index contributed by atoms with van der Waals surface area (Å²) in [6, 6.07) is 4.94. The van der Waals surface area contributed by atoms with E-state index in [4.69, 9.17) is 14.2 Å². The number of carbonyl (C=O) groups excluding carboxylic acids is 2. The van der Waals surface area contributed by atoms with Crippen molar-refractivity contribution in [3.63, 3.8) is 0 Å². The lowest BCUT2D eigenvalue weighted by Crippen LogP contribution is -2.45. The van der Waals surface area contributed by atoms with Crippen LogP contribution in [-0.4, -0.2) is 40.9 Å². The Morgan fingerprint density at radius 1 is 1.10 bits per heavy atom. The van der Waals surface area contributed by atoms with E-state index in [0.29, 0.717) is 24.4 Å². The summed E-state index contributed by atoms with van der Waals surface area (Å²) in [5.41, 5.74) is 0.0499. The largest absolute Gasteiger partial charge is 0.448 e. The molecule has 4 rings (SSSR count). The predicted molar refractivity (Wildman–Crippen MR) is 108 cm³/mol. The van der Waals surface area contributed by atoms with Gasteiger partial charge in [-0.3, -0.25) is 9.69 Å². The Kier molecular flexibility index (Phi) is 5.09. The minimum atomic E-state index is -0.590. The number of nitrogens with zero attached hydrogens (tertiary/aromatic N) is 1. The first kappa shape index (κ1) is 19.9. The van der Waals surface area contributed by atoms with Crippen LogP contribution in [0.15, 0.2) is 18.2 Å². The van der Waals surface area contributed by atoms with Gasteiger partial charge in [0, 0.05) is 31.1 Å². The lowest BCUT2D eigenvalue weighted by atomic mass is 9.94. The number of rotatable bonds is 2. The smallest absolute Gasteiger partial charge is 0.410 e. The van der Waals surface area contributed by atoms with Gasteiger partial charge in [-0.25, -0.2) is 4.79 Å². The van der Waals surface area contributed by atoms with Crippen molar-refractivity contribution in [2.45, 2.75) is 83.1 Å². The molecule has 2 heterocycles. The molecule has 3 aliphatic rings. The van der Waals surface area contributed by atoms with Gasteiger partial charge in [0.2, 0.25) is 5.91 Å². The molecule has 1 N–H and O–H groups in total. The maximum absolute atomic E-state index is 12.9. The van der Waals surface area contributed by atoms with E-state index in [1.807, 2.05) is 39.0 Å². The fourth-order valence-electron chi connectivity index (χ4n) is 4.27. The summed E-state index contributed by atoms with van der Waals surface area (Å²) in [6.07, 6.45) is 6.13. The van der Waals surface area contributed by atoms with Crippen LogP contribution in [0.5, 0.6) is 11.5 Å². The normalized spacial score (nSPS) is 22.6. The van der Waals surface area contributed by atoms with E-state index in [9.17, 15) is 9.59 Å². The Labute approximate surface area is 171 Å². The molecular formula is C22H30N2O5. The molecule has 2 amide bonds. The average molecular weight is 402 g/mol. The molecule has 1 saturated heterocycles. The summed E-state index contributed by atoms with van der Waals surface area (Å²) >= 11 is 0. The maximum atomic E-state index is 12.9. The molecule has 1 spiro atoms. The fourth-order valence-corrected chi connectivity index (χ4v) is 4.27. The molecule has 1 aromatic carbocycles. The highest BCUT2D eigenvalue weighted by Gasteiger charge is 2.42. The first-order chi connectivity index (χ1) is 13.7. The number of amides is 2. The third-order valence-corrected chi connectivity index (χ3v) is 5.60. The molecule has 0 aromatic heterocycles. The van der Waals surface area contributed by atoms with Crippen LogP contribution in [0.3, 0.4) is 0 Å². The van der Waals surface area contributed by atoms with Crippen molar-refractivity contribution in [3.8, 4) is 11.5 Å². The number of hydrogen-bond donors (Lipinski definition) is 1. The van der Waals surface area contributed by atoms with E-state index in [0.717, 1.165) is 37.9 Å². The van der Waals surface area contributed by atoms with Gasteiger partial charge in [0.05, 0.1) is 0 Å². The van der Waals surface area contributed by atoms with Crippen molar-refractivity contribution >= 4 is 17.7 Å². The predicted octanol–water partition coefficient (Wildman–Crippen LogP) is 4.46. The second kappa shape index (κ2) is 7.43. The van der Waals surface area contributed by atoms with E-state index in [2.05, 4.69) is 5.32 Å². The van der Waals surface area contributed by atoms with Gasteiger partial charge in [0.15, 0.2) is 11.5 Å². The number of hydrogen-bond acceptors (Lipinski definition) is 5. The van der Waals surface area contributed by atoms with E-state index < -0.39 is 23.5 Å². The minimum Gasteiger partial charge on any atom is -0.448 e. The van der Waals surface area contributed by atoms with Gasteiger partial charge in [-0.15, -0.1) is 0 Å². The first-order valence-corrected chi connectivity index (χ1v) is 10.6. The number of ether oxygens (including phenoxy) is 3. The molecular weight excluding hydrogens is 372 g/mol. The van der Waals surface area contributed by atoms with Crippen molar-refractivity contribution in [2.24, 2.45) is 0 Å². The number of likely N-dealkylation sites (tertiary alicyclic amines) is 1. The van der Waals surface area contributed by atoms with Crippen LogP contribution in [0, 0.1) is 0 Å². The summed E-state index contributed by atoms with van der Waals surface area (Å²) in [6.45, 7) is 5.99. The molecule has 1 aliphatic carbocycles. The van der Waals surface area contributed by atoms with Crippen molar-refractivity contribution < 1.29 is 23.8 Å². The summed E-state index contributed by atoms with van der Waals surface area (Å²) in [7, 11) is 0. The van der Waals surface area contributed by atoms with Crippen LogP contribution < -0.4 is 14.8 Å². The molecule has 1 atom stereocenters. The number of fused-ring (bicyclic) bond motifs is 1. The van der Waals surface area contributed by atoms with E-state index in [1.165, 1.54) is 11.3 Å². The monoisotopic (exact) mass is 402 g/mol. The number of anilines is 1. The van der Waals surface area contributed by atoms with Crippen LogP contribution in [0.1, 0.15) is 65.7 Å². The molecule has 7 heteroatoms. The maximum Gasteiger partial charge on any atom is 0.410 e. The highest BCUT2D eigenvalue weighted by molar-refractivity contribution is 5.97. The van der Waals surface area contributed by atoms with Gasteiger partial charge < -0.3 is 19.5 Å². The number of benzene rings is 1. The van der Waals surface area contributed by atoms with Gasteiger partial charge in [-0.05, 0) is 58.6 Å². The zero-order valence-corrected chi connectivity index (χ0v) is 17.5. The quantitative estimate of drug-likeness (QED) is 0.790. The lowest BCUT2D eigenvalue weighted by molar-refractivity contribution is -0.120. The van der Waals surface area contributed by atoms with E-state index in [1.54, 1.807) is 0 Å². The van der Waals surface area contributed by atoms with Crippen molar-refractivity contribution in [2.75, 3.05) is 11.9 Å². The summed E-state index contributed by atoms with van der Waals surface area (Å²) in [4.78, 5) is 26.8. The molecule has 0 radical (unpaired) electrons. The number of nitrogens with one attached hydrogen (secondary N) is 1. The van der Waals surface area contributed by atoms with Gasteiger partial charge in [-0.1, -0.05) is 6.42 Å². The third kappa shape index (κ3) is 4.28. The van der Waals surface area contributed by atoms with Crippen LogP contribution in [0.2, 0.25) is 0 Å². The topological polar surface area (TPSA) is 77.1 Å². The zero-order chi connectivity index (χ0) is 20.6. The zero-order valence-electron chi connectivity index (χ0n) is 17.5. The standard InChI is InChI=1S/C22H30N2O5/c1-21(2,3)29-20(26)24-13-7-8-16(24)19(25)23-15-9-10-17-18(14-15)28-22(27-17)11-5-4-6-12-22/h9-10,14,16H,4-8,11-13H2,1-3H3,(H,23,25).